The van der Waals surface area contributed by atoms with E-state index in [-0.39, 0.29) is 16.9 Å². The number of carbonyl (C=O) groups excluding carboxylic acids is 3. The fourth-order valence-electron chi connectivity index (χ4n) is 2.76. The van der Waals surface area contributed by atoms with Crippen molar-refractivity contribution in [3.05, 3.63) is 94.5 Å². The van der Waals surface area contributed by atoms with Crippen molar-refractivity contribution < 1.29 is 23.9 Å². The van der Waals surface area contributed by atoms with E-state index in [4.69, 9.17) is 21.1 Å². The molecule has 0 fully saturated rings. The lowest BCUT2D eigenvalue weighted by molar-refractivity contribution is -0.119. The summed E-state index contributed by atoms with van der Waals surface area (Å²) < 4.78 is 10.3. The summed E-state index contributed by atoms with van der Waals surface area (Å²) >= 11 is 5.86. The number of halogens is 1. The van der Waals surface area contributed by atoms with E-state index in [1.165, 1.54) is 19.2 Å². The first kappa shape index (κ1) is 21.1. The number of benzene rings is 3. The molecule has 0 spiro atoms. The number of methoxy groups -OCH3 is 1. The van der Waals surface area contributed by atoms with Crippen LogP contribution in [0.1, 0.15) is 26.3 Å². The number of rotatable bonds is 7. The third kappa shape index (κ3) is 5.04. The van der Waals surface area contributed by atoms with Crippen LogP contribution in [0, 0.1) is 0 Å². The Morgan fingerprint density at radius 3 is 2.20 bits per heavy atom. The number of esters is 1. The maximum Gasteiger partial charge on any atom is 0.339 e. The van der Waals surface area contributed by atoms with Crippen LogP contribution in [0.2, 0.25) is 5.02 Å². The fraction of sp³-hybridized carbons (Fsp3) is 0.0870. The largest absolute Gasteiger partial charge is 0.495 e. The molecule has 0 bridgehead atoms. The average molecular weight is 424 g/mol. The third-order valence-electron chi connectivity index (χ3n) is 4.21. The van der Waals surface area contributed by atoms with Crippen LogP contribution in [0.5, 0.6) is 5.75 Å². The Bertz CT molecular complexity index is 1080. The van der Waals surface area contributed by atoms with Crippen molar-refractivity contribution in [1.29, 1.82) is 0 Å². The van der Waals surface area contributed by atoms with Gasteiger partial charge in [-0.25, -0.2) is 4.79 Å². The Kier molecular flexibility index (Phi) is 6.83. The van der Waals surface area contributed by atoms with E-state index in [1.54, 1.807) is 60.7 Å². The molecule has 30 heavy (non-hydrogen) atoms. The number of nitrogens with one attached hydrogen (secondary N) is 1. The van der Waals surface area contributed by atoms with Crippen molar-refractivity contribution in [2.45, 2.75) is 0 Å². The van der Waals surface area contributed by atoms with Crippen molar-refractivity contribution >= 4 is 34.9 Å². The molecule has 152 valence electrons. The third-order valence-corrected chi connectivity index (χ3v) is 4.47. The Morgan fingerprint density at radius 2 is 1.50 bits per heavy atom. The molecule has 3 rings (SSSR count). The first-order chi connectivity index (χ1) is 14.5. The van der Waals surface area contributed by atoms with E-state index in [9.17, 15) is 14.4 Å². The van der Waals surface area contributed by atoms with Gasteiger partial charge in [0.1, 0.15) is 5.75 Å². The number of ketones is 1. The summed E-state index contributed by atoms with van der Waals surface area (Å²) in [5.41, 5.74) is 1.09. The SMILES string of the molecule is COc1ccccc1NC(=O)COC(=O)c1ccccc1C(=O)c1ccc(Cl)cc1. The normalized spacial score (nSPS) is 10.2. The second-order valence-corrected chi connectivity index (χ2v) is 6.64. The summed E-state index contributed by atoms with van der Waals surface area (Å²) in [5, 5.41) is 3.12. The molecule has 3 aromatic carbocycles. The van der Waals surface area contributed by atoms with Gasteiger partial charge in [0.2, 0.25) is 0 Å². The van der Waals surface area contributed by atoms with Crippen LogP contribution in [-0.2, 0) is 9.53 Å². The molecule has 0 saturated heterocycles. The summed E-state index contributed by atoms with van der Waals surface area (Å²) in [6.45, 7) is -0.514. The number of para-hydroxylation sites is 2. The van der Waals surface area contributed by atoms with Crippen molar-refractivity contribution in [3.63, 3.8) is 0 Å². The highest BCUT2D eigenvalue weighted by Crippen LogP contribution is 2.23. The van der Waals surface area contributed by atoms with Crippen molar-refractivity contribution in [2.24, 2.45) is 0 Å². The summed E-state index contributed by atoms with van der Waals surface area (Å²) in [6.07, 6.45) is 0. The minimum Gasteiger partial charge on any atom is -0.495 e. The first-order valence-electron chi connectivity index (χ1n) is 8.99. The van der Waals surface area contributed by atoms with Gasteiger partial charge < -0.3 is 14.8 Å². The minimum absolute atomic E-state index is 0.0718. The number of hydrogen-bond donors (Lipinski definition) is 1. The molecule has 0 aliphatic heterocycles. The molecule has 0 aromatic heterocycles. The van der Waals surface area contributed by atoms with E-state index < -0.39 is 18.5 Å². The molecule has 0 unspecified atom stereocenters. The lowest BCUT2D eigenvalue weighted by atomic mass is 9.98. The molecule has 0 atom stereocenters. The first-order valence-corrected chi connectivity index (χ1v) is 9.36. The van der Waals surface area contributed by atoms with Gasteiger partial charge in [0, 0.05) is 16.1 Å². The Morgan fingerprint density at radius 1 is 0.867 bits per heavy atom. The Hall–Kier alpha value is -3.64. The number of ether oxygens (including phenoxy) is 2. The van der Waals surface area contributed by atoms with Gasteiger partial charge in [-0.15, -0.1) is 0 Å². The predicted molar refractivity (Wildman–Crippen MR) is 113 cm³/mol. The van der Waals surface area contributed by atoms with Crippen LogP contribution in [0.4, 0.5) is 5.69 Å². The highest BCUT2D eigenvalue weighted by molar-refractivity contribution is 6.30. The summed E-state index contributed by atoms with van der Waals surface area (Å²) in [4.78, 5) is 37.5. The zero-order chi connectivity index (χ0) is 21.5. The van der Waals surface area contributed by atoms with Crippen molar-refractivity contribution in [1.82, 2.24) is 0 Å². The van der Waals surface area contributed by atoms with Crippen LogP contribution in [0.25, 0.3) is 0 Å². The predicted octanol–water partition coefficient (Wildman–Crippen LogP) is 4.38. The molecule has 1 amide bonds. The van der Waals surface area contributed by atoms with E-state index >= 15 is 0 Å². The summed E-state index contributed by atoms with van der Waals surface area (Å²) in [7, 11) is 1.49. The molecule has 0 saturated carbocycles. The monoisotopic (exact) mass is 423 g/mol. The molecule has 0 aliphatic rings. The molecule has 0 radical (unpaired) electrons. The van der Waals surface area contributed by atoms with Crippen LogP contribution in [0.15, 0.2) is 72.8 Å². The maximum absolute atomic E-state index is 12.8. The number of hydrogen-bond acceptors (Lipinski definition) is 5. The van der Waals surface area contributed by atoms with E-state index in [2.05, 4.69) is 5.32 Å². The molecule has 1 N–H and O–H groups in total. The van der Waals surface area contributed by atoms with E-state index in [0.29, 0.717) is 22.0 Å². The Balaban J connectivity index is 1.69. The summed E-state index contributed by atoms with van der Waals surface area (Å²) in [6, 6.07) is 19.5. The van der Waals surface area contributed by atoms with Gasteiger partial charge in [-0.05, 0) is 42.5 Å². The van der Waals surface area contributed by atoms with Crippen LogP contribution < -0.4 is 10.1 Å². The average Bonchev–Trinajstić information content (AvgIpc) is 2.78. The smallest absolute Gasteiger partial charge is 0.339 e. The molecule has 3 aromatic rings. The van der Waals surface area contributed by atoms with Gasteiger partial charge in [-0.1, -0.05) is 41.9 Å². The Labute approximate surface area is 178 Å². The lowest BCUT2D eigenvalue weighted by Gasteiger charge is -2.11. The van der Waals surface area contributed by atoms with E-state index in [1.807, 2.05) is 0 Å². The standard InChI is InChI=1S/C23H18ClNO5/c1-29-20-9-5-4-8-19(20)25-21(26)14-30-23(28)18-7-3-2-6-17(18)22(27)15-10-12-16(24)13-11-15/h2-13H,14H2,1H3,(H,25,26). The fourth-order valence-corrected chi connectivity index (χ4v) is 2.88. The van der Waals surface area contributed by atoms with Crippen LogP contribution >= 0.6 is 11.6 Å². The molecule has 0 aliphatic carbocycles. The number of anilines is 1. The topological polar surface area (TPSA) is 81.7 Å². The molecule has 7 heteroatoms. The molecular formula is C23H18ClNO5. The molecule has 6 nitrogen and oxygen atoms in total. The van der Waals surface area contributed by atoms with Gasteiger partial charge in [0.15, 0.2) is 12.4 Å². The van der Waals surface area contributed by atoms with Gasteiger partial charge in [-0.2, -0.15) is 0 Å². The van der Waals surface area contributed by atoms with Crippen LogP contribution in [0.3, 0.4) is 0 Å². The highest BCUT2D eigenvalue weighted by Gasteiger charge is 2.20. The van der Waals surface area contributed by atoms with Crippen molar-refractivity contribution in [2.75, 3.05) is 19.0 Å². The molecule has 0 heterocycles. The van der Waals surface area contributed by atoms with Gasteiger partial charge in [0.05, 0.1) is 18.4 Å². The number of carbonyl (C=O) groups is 3. The van der Waals surface area contributed by atoms with Gasteiger partial charge in [0.25, 0.3) is 5.91 Å². The lowest BCUT2D eigenvalue weighted by Crippen LogP contribution is -2.22. The van der Waals surface area contributed by atoms with Gasteiger partial charge in [-0.3, -0.25) is 9.59 Å². The minimum atomic E-state index is -0.775. The molecular weight excluding hydrogens is 406 g/mol. The van der Waals surface area contributed by atoms with Gasteiger partial charge >= 0.3 is 5.97 Å². The zero-order valence-corrected chi connectivity index (χ0v) is 16.8. The number of amides is 1. The highest BCUT2D eigenvalue weighted by atomic mass is 35.5. The zero-order valence-electron chi connectivity index (χ0n) is 16.1. The van der Waals surface area contributed by atoms with Crippen LogP contribution in [-0.4, -0.2) is 31.4 Å². The quantitative estimate of drug-likeness (QED) is 0.450. The van der Waals surface area contributed by atoms with E-state index in [0.717, 1.165) is 0 Å². The maximum atomic E-state index is 12.8. The van der Waals surface area contributed by atoms with Crippen molar-refractivity contribution in [3.8, 4) is 5.75 Å². The second kappa shape index (κ2) is 9.71. The second-order valence-electron chi connectivity index (χ2n) is 6.21. The summed E-state index contributed by atoms with van der Waals surface area (Å²) in [5.74, 6) is -1.17.